The summed E-state index contributed by atoms with van der Waals surface area (Å²) in [5.74, 6) is -0.205. The van der Waals surface area contributed by atoms with Crippen molar-refractivity contribution in [1.82, 2.24) is 0 Å². The lowest BCUT2D eigenvalue weighted by atomic mass is 9.87. The molecule has 1 fully saturated rings. The summed E-state index contributed by atoms with van der Waals surface area (Å²) in [5.41, 5.74) is 0.701. The predicted molar refractivity (Wildman–Crippen MR) is 70.9 cm³/mol. The molecule has 20 heavy (non-hydrogen) atoms. The van der Waals surface area contributed by atoms with Gasteiger partial charge in [0.2, 0.25) is 0 Å². The minimum absolute atomic E-state index is 0.227. The molecule has 2 aliphatic rings. The molecule has 1 heterocycles. The second-order valence-corrected chi connectivity index (χ2v) is 5.39. The van der Waals surface area contributed by atoms with Crippen LogP contribution in [0.3, 0.4) is 0 Å². The van der Waals surface area contributed by atoms with Crippen molar-refractivity contribution >= 4 is 5.97 Å². The van der Waals surface area contributed by atoms with Crippen LogP contribution in [0.4, 0.5) is 0 Å². The zero-order valence-electron chi connectivity index (χ0n) is 11.1. The Bertz CT molecular complexity index is 513. The minimum atomic E-state index is -0.816. The van der Waals surface area contributed by atoms with E-state index < -0.39 is 18.0 Å². The van der Waals surface area contributed by atoms with E-state index in [2.05, 4.69) is 0 Å². The van der Waals surface area contributed by atoms with Crippen LogP contribution in [-0.2, 0) is 4.79 Å². The van der Waals surface area contributed by atoms with Gasteiger partial charge in [0, 0.05) is 5.92 Å². The van der Waals surface area contributed by atoms with Crippen molar-refractivity contribution < 1.29 is 24.5 Å². The van der Waals surface area contributed by atoms with Gasteiger partial charge in [0.15, 0.2) is 11.5 Å². The molecule has 0 aromatic heterocycles. The summed E-state index contributed by atoms with van der Waals surface area (Å²) in [6.45, 7) is 1.02. The summed E-state index contributed by atoms with van der Waals surface area (Å²) in [5, 5.41) is 19.7. The van der Waals surface area contributed by atoms with Gasteiger partial charge in [0.25, 0.3) is 0 Å². The highest BCUT2D eigenvalue weighted by Gasteiger charge is 2.38. The highest BCUT2D eigenvalue weighted by atomic mass is 16.6. The molecule has 0 saturated heterocycles. The standard InChI is InChI=1S/C15H18O5/c16-14(10-2-1-3-11(10)15(17)18)9-4-5-12-13(8-9)20-7-6-19-12/h4-5,8,10-11,14,16H,1-3,6-7H2,(H,17,18). The SMILES string of the molecule is O=C(O)C1CCCC1C(O)c1ccc2c(c1)OCCO2. The second-order valence-electron chi connectivity index (χ2n) is 5.39. The van der Waals surface area contributed by atoms with Gasteiger partial charge in [-0.25, -0.2) is 0 Å². The molecule has 0 bridgehead atoms. The van der Waals surface area contributed by atoms with E-state index in [-0.39, 0.29) is 5.92 Å². The number of carboxylic acids is 1. The topological polar surface area (TPSA) is 76.0 Å². The maximum absolute atomic E-state index is 11.2. The fraction of sp³-hybridized carbons (Fsp3) is 0.533. The van der Waals surface area contributed by atoms with Gasteiger partial charge in [0.05, 0.1) is 12.0 Å². The Kier molecular flexibility index (Phi) is 3.53. The maximum atomic E-state index is 11.2. The zero-order valence-corrected chi connectivity index (χ0v) is 11.1. The number of carbonyl (C=O) groups is 1. The molecule has 5 heteroatoms. The molecule has 1 aliphatic carbocycles. The molecule has 0 radical (unpaired) electrons. The van der Waals surface area contributed by atoms with Gasteiger partial charge in [-0.05, 0) is 30.5 Å². The van der Waals surface area contributed by atoms with Gasteiger partial charge in [0.1, 0.15) is 13.2 Å². The number of aliphatic hydroxyl groups is 1. The number of fused-ring (bicyclic) bond motifs is 1. The molecule has 108 valence electrons. The Morgan fingerprint density at radius 2 is 1.95 bits per heavy atom. The molecule has 1 aromatic rings. The molecule has 2 N–H and O–H groups in total. The Hall–Kier alpha value is -1.75. The van der Waals surface area contributed by atoms with Crippen LogP contribution in [0.5, 0.6) is 11.5 Å². The highest BCUT2D eigenvalue weighted by Crippen LogP contribution is 2.42. The summed E-state index contributed by atoms with van der Waals surface area (Å²) in [7, 11) is 0. The Labute approximate surface area is 117 Å². The average Bonchev–Trinajstić information content (AvgIpc) is 2.95. The molecular weight excluding hydrogens is 260 g/mol. The predicted octanol–water partition coefficient (Wildman–Crippen LogP) is 1.99. The van der Waals surface area contributed by atoms with Crippen LogP contribution in [0.15, 0.2) is 18.2 Å². The molecule has 1 aliphatic heterocycles. The normalized spacial score (nSPS) is 26.2. The van der Waals surface area contributed by atoms with E-state index in [0.29, 0.717) is 36.7 Å². The first-order valence-electron chi connectivity index (χ1n) is 6.97. The summed E-state index contributed by atoms with van der Waals surface area (Å²) in [6.07, 6.45) is 1.46. The maximum Gasteiger partial charge on any atom is 0.306 e. The Morgan fingerprint density at radius 1 is 1.20 bits per heavy atom. The van der Waals surface area contributed by atoms with Crippen molar-refractivity contribution in [2.45, 2.75) is 25.4 Å². The molecule has 1 aromatic carbocycles. The van der Waals surface area contributed by atoms with Crippen LogP contribution >= 0.6 is 0 Å². The van der Waals surface area contributed by atoms with E-state index in [0.717, 1.165) is 12.8 Å². The molecule has 5 nitrogen and oxygen atoms in total. The van der Waals surface area contributed by atoms with E-state index in [1.807, 2.05) is 0 Å². The number of carboxylic acid groups (broad SMARTS) is 1. The van der Waals surface area contributed by atoms with Crippen molar-refractivity contribution in [2.24, 2.45) is 11.8 Å². The summed E-state index contributed by atoms with van der Waals surface area (Å²) >= 11 is 0. The molecule has 0 amide bonds. The summed E-state index contributed by atoms with van der Waals surface area (Å²) in [6, 6.07) is 5.32. The first-order valence-corrected chi connectivity index (χ1v) is 6.97. The number of aliphatic carboxylic acids is 1. The van der Waals surface area contributed by atoms with Crippen molar-refractivity contribution in [3.63, 3.8) is 0 Å². The van der Waals surface area contributed by atoms with Crippen LogP contribution < -0.4 is 9.47 Å². The summed E-state index contributed by atoms with van der Waals surface area (Å²) in [4.78, 5) is 11.2. The molecule has 3 rings (SSSR count). The fourth-order valence-corrected chi connectivity index (χ4v) is 3.16. The van der Waals surface area contributed by atoms with Crippen LogP contribution in [0, 0.1) is 11.8 Å². The van der Waals surface area contributed by atoms with Gasteiger partial charge in [-0.2, -0.15) is 0 Å². The van der Waals surface area contributed by atoms with Gasteiger partial charge >= 0.3 is 5.97 Å². The number of ether oxygens (including phenoxy) is 2. The van der Waals surface area contributed by atoms with Gasteiger partial charge in [-0.3, -0.25) is 4.79 Å². The summed E-state index contributed by atoms with van der Waals surface area (Å²) < 4.78 is 10.9. The number of hydrogen-bond acceptors (Lipinski definition) is 4. The van der Waals surface area contributed by atoms with Crippen LogP contribution in [-0.4, -0.2) is 29.4 Å². The lowest BCUT2D eigenvalue weighted by Crippen LogP contribution is -2.24. The number of aliphatic hydroxyl groups excluding tert-OH is 1. The Balaban J connectivity index is 1.83. The van der Waals surface area contributed by atoms with E-state index >= 15 is 0 Å². The fourth-order valence-electron chi connectivity index (χ4n) is 3.16. The second kappa shape index (κ2) is 5.32. The third kappa shape index (κ3) is 2.33. The average molecular weight is 278 g/mol. The van der Waals surface area contributed by atoms with Gasteiger partial charge in [-0.1, -0.05) is 12.5 Å². The highest BCUT2D eigenvalue weighted by molar-refractivity contribution is 5.70. The number of hydrogen-bond donors (Lipinski definition) is 2. The van der Waals surface area contributed by atoms with Crippen molar-refractivity contribution in [1.29, 1.82) is 0 Å². The van der Waals surface area contributed by atoms with Gasteiger partial charge < -0.3 is 19.7 Å². The lowest BCUT2D eigenvalue weighted by molar-refractivity contribution is -0.144. The molecule has 3 unspecified atom stereocenters. The molecule has 0 spiro atoms. The minimum Gasteiger partial charge on any atom is -0.486 e. The van der Waals surface area contributed by atoms with E-state index in [1.165, 1.54) is 0 Å². The van der Waals surface area contributed by atoms with Crippen molar-refractivity contribution in [2.75, 3.05) is 13.2 Å². The van der Waals surface area contributed by atoms with Crippen molar-refractivity contribution in [3.05, 3.63) is 23.8 Å². The number of rotatable bonds is 3. The van der Waals surface area contributed by atoms with Crippen LogP contribution in [0.2, 0.25) is 0 Å². The van der Waals surface area contributed by atoms with E-state index in [4.69, 9.17) is 9.47 Å². The van der Waals surface area contributed by atoms with Crippen LogP contribution in [0.25, 0.3) is 0 Å². The third-order valence-corrected chi connectivity index (χ3v) is 4.20. The van der Waals surface area contributed by atoms with Crippen LogP contribution in [0.1, 0.15) is 30.9 Å². The Morgan fingerprint density at radius 3 is 2.70 bits per heavy atom. The number of benzene rings is 1. The molecule has 1 saturated carbocycles. The largest absolute Gasteiger partial charge is 0.486 e. The first-order chi connectivity index (χ1) is 9.66. The van der Waals surface area contributed by atoms with E-state index in [9.17, 15) is 15.0 Å². The molecular formula is C15H18O5. The monoisotopic (exact) mass is 278 g/mol. The van der Waals surface area contributed by atoms with E-state index in [1.54, 1.807) is 18.2 Å². The smallest absolute Gasteiger partial charge is 0.306 e. The lowest BCUT2D eigenvalue weighted by Gasteiger charge is -2.24. The quantitative estimate of drug-likeness (QED) is 0.884. The van der Waals surface area contributed by atoms with Gasteiger partial charge in [-0.15, -0.1) is 0 Å². The zero-order chi connectivity index (χ0) is 14.1. The third-order valence-electron chi connectivity index (χ3n) is 4.20. The first kappa shape index (κ1) is 13.2. The van der Waals surface area contributed by atoms with Crippen molar-refractivity contribution in [3.8, 4) is 11.5 Å². The molecule has 3 atom stereocenters.